The van der Waals surface area contributed by atoms with Crippen LogP contribution in [0.5, 0.6) is 0 Å². The number of aryl methyl sites for hydroxylation is 1. The number of amides is 2. The van der Waals surface area contributed by atoms with Crippen molar-refractivity contribution in [1.82, 2.24) is 0 Å². The third-order valence-corrected chi connectivity index (χ3v) is 4.00. The lowest BCUT2D eigenvalue weighted by Crippen LogP contribution is -2.41. The summed E-state index contributed by atoms with van der Waals surface area (Å²) in [6.45, 7) is 5.18. The molecule has 0 aliphatic heterocycles. The average Bonchev–Trinajstić information content (AvgIpc) is 2.62. The van der Waals surface area contributed by atoms with E-state index < -0.39 is 17.2 Å². The van der Waals surface area contributed by atoms with Crippen LogP contribution in [0.2, 0.25) is 0 Å². The summed E-state index contributed by atoms with van der Waals surface area (Å²) in [6, 6.07) is 16.1. The maximum Gasteiger partial charge on any atom is 0.239 e. The summed E-state index contributed by atoms with van der Waals surface area (Å²) in [6.07, 6.45) is 0.921. The molecule has 0 heterocycles. The van der Waals surface area contributed by atoms with E-state index in [0.29, 0.717) is 16.9 Å². The van der Waals surface area contributed by atoms with Crippen molar-refractivity contribution in [2.45, 2.75) is 27.2 Å². The molecule has 0 spiro atoms. The van der Waals surface area contributed by atoms with Crippen molar-refractivity contribution in [2.24, 2.45) is 5.41 Å². The number of hydrogen-bond donors (Lipinski definition) is 2. The van der Waals surface area contributed by atoms with Crippen LogP contribution in [0, 0.1) is 16.7 Å². The average molecular weight is 335 g/mol. The number of anilines is 2. The van der Waals surface area contributed by atoms with Crippen molar-refractivity contribution in [3.05, 3.63) is 59.7 Å². The Hall–Kier alpha value is -3.13. The van der Waals surface area contributed by atoms with E-state index >= 15 is 0 Å². The second-order valence-corrected chi connectivity index (χ2v) is 6.28. The highest BCUT2D eigenvalue weighted by Gasteiger charge is 2.36. The Morgan fingerprint density at radius 1 is 1.00 bits per heavy atom. The highest BCUT2D eigenvalue weighted by atomic mass is 16.2. The van der Waals surface area contributed by atoms with Gasteiger partial charge in [-0.1, -0.05) is 25.1 Å². The van der Waals surface area contributed by atoms with Gasteiger partial charge in [0.25, 0.3) is 0 Å². The normalized spacial score (nSPS) is 10.6. The lowest BCUT2D eigenvalue weighted by molar-refractivity contribution is -0.135. The first-order chi connectivity index (χ1) is 11.9. The summed E-state index contributed by atoms with van der Waals surface area (Å²) >= 11 is 0. The van der Waals surface area contributed by atoms with Gasteiger partial charge in [-0.25, -0.2) is 0 Å². The maximum absolute atomic E-state index is 12.5. The number of nitrogens with zero attached hydrogens (tertiary/aromatic N) is 1. The highest BCUT2D eigenvalue weighted by molar-refractivity contribution is 6.14. The molecule has 2 amide bonds. The Morgan fingerprint density at radius 3 is 2.16 bits per heavy atom. The van der Waals surface area contributed by atoms with Crippen molar-refractivity contribution >= 4 is 23.2 Å². The predicted molar refractivity (Wildman–Crippen MR) is 98.0 cm³/mol. The third-order valence-electron chi connectivity index (χ3n) is 4.00. The molecule has 2 aromatic carbocycles. The molecule has 0 aliphatic rings. The topological polar surface area (TPSA) is 82.0 Å². The summed E-state index contributed by atoms with van der Waals surface area (Å²) in [5.74, 6) is -0.837. The van der Waals surface area contributed by atoms with Crippen LogP contribution in [-0.4, -0.2) is 11.8 Å². The fraction of sp³-hybridized carbons (Fsp3) is 0.250. The molecule has 128 valence electrons. The van der Waals surface area contributed by atoms with Gasteiger partial charge in [0.15, 0.2) is 0 Å². The van der Waals surface area contributed by atoms with Crippen molar-refractivity contribution < 1.29 is 9.59 Å². The zero-order valence-electron chi connectivity index (χ0n) is 14.6. The molecule has 0 aliphatic carbocycles. The van der Waals surface area contributed by atoms with E-state index in [-0.39, 0.29) is 0 Å². The van der Waals surface area contributed by atoms with Crippen LogP contribution in [0.3, 0.4) is 0 Å². The molecule has 0 radical (unpaired) electrons. The van der Waals surface area contributed by atoms with Crippen LogP contribution < -0.4 is 10.6 Å². The molecule has 0 bridgehead atoms. The second-order valence-electron chi connectivity index (χ2n) is 6.28. The van der Waals surface area contributed by atoms with Gasteiger partial charge >= 0.3 is 0 Å². The van der Waals surface area contributed by atoms with Crippen LogP contribution in [0.4, 0.5) is 11.4 Å². The van der Waals surface area contributed by atoms with Crippen molar-refractivity contribution in [1.29, 1.82) is 5.26 Å². The molecule has 2 N–H and O–H groups in total. The minimum atomic E-state index is -1.27. The molecule has 0 atom stereocenters. The summed E-state index contributed by atoms with van der Waals surface area (Å²) < 4.78 is 0. The molecule has 2 aromatic rings. The van der Waals surface area contributed by atoms with Crippen LogP contribution in [-0.2, 0) is 16.0 Å². The Labute approximate surface area is 147 Å². The van der Waals surface area contributed by atoms with Crippen molar-refractivity contribution in [2.75, 3.05) is 10.6 Å². The van der Waals surface area contributed by atoms with Gasteiger partial charge in [0.05, 0.1) is 11.6 Å². The summed E-state index contributed by atoms with van der Waals surface area (Å²) in [5, 5.41) is 14.4. The number of benzene rings is 2. The van der Waals surface area contributed by atoms with E-state index in [0.717, 1.165) is 6.42 Å². The molecule has 25 heavy (non-hydrogen) atoms. The zero-order valence-corrected chi connectivity index (χ0v) is 14.6. The van der Waals surface area contributed by atoms with Gasteiger partial charge in [-0.15, -0.1) is 0 Å². The van der Waals surface area contributed by atoms with Gasteiger partial charge in [-0.3, -0.25) is 9.59 Å². The standard InChI is InChI=1S/C20H21N3O2/c1-4-14-8-10-16(11-9-14)22-18(24)20(2,3)19(25)23-17-7-5-6-15(12-17)13-21/h5-12H,4H2,1-3H3,(H,22,24)(H,23,25). The quantitative estimate of drug-likeness (QED) is 0.817. The van der Waals surface area contributed by atoms with E-state index in [2.05, 4.69) is 17.6 Å². The molecular formula is C20H21N3O2. The number of hydrogen-bond acceptors (Lipinski definition) is 3. The first-order valence-electron chi connectivity index (χ1n) is 8.09. The first kappa shape index (κ1) is 18.2. The first-order valence-corrected chi connectivity index (χ1v) is 8.09. The fourth-order valence-corrected chi connectivity index (χ4v) is 2.17. The van der Waals surface area contributed by atoms with E-state index in [1.807, 2.05) is 30.3 Å². The molecule has 0 saturated heterocycles. The van der Waals surface area contributed by atoms with E-state index in [4.69, 9.17) is 5.26 Å². The van der Waals surface area contributed by atoms with Crippen molar-refractivity contribution in [3.8, 4) is 6.07 Å². The third kappa shape index (κ3) is 4.45. The Kier molecular flexibility index (Phi) is 5.56. The summed E-state index contributed by atoms with van der Waals surface area (Å²) in [5.41, 5.74) is 1.47. The minimum Gasteiger partial charge on any atom is -0.325 e. The molecule has 0 fully saturated rings. The van der Waals surface area contributed by atoms with E-state index in [9.17, 15) is 9.59 Å². The number of nitrogens with one attached hydrogen (secondary N) is 2. The monoisotopic (exact) mass is 335 g/mol. The Bertz CT molecular complexity index is 818. The van der Waals surface area contributed by atoms with Gasteiger partial charge < -0.3 is 10.6 Å². The Balaban J connectivity index is 2.08. The minimum absolute atomic E-state index is 0.398. The summed E-state index contributed by atoms with van der Waals surface area (Å²) in [7, 11) is 0. The maximum atomic E-state index is 12.5. The Morgan fingerprint density at radius 2 is 1.60 bits per heavy atom. The fourth-order valence-electron chi connectivity index (χ4n) is 2.17. The smallest absolute Gasteiger partial charge is 0.239 e. The number of rotatable bonds is 5. The van der Waals surface area contributed by atoms with Gasteiger partial charge in [-0.05, 0) is 56.2 Å². The lowest BCUT2D eigenvalue weighted by atomic mass is 9.90. The zero-order chi connectivity index (χ0) is 18.4. The molecule has 5 nitrogen and oxygen atoms in total. The second kappa shape index (κ2) is 7.63. The highest BCUT2D eigenvalue weighted by Crippen LogP contribution is 2.22. The van der Waals surface area contributed by atoms with E-state index in [1.165, 1.54) is 5.56 Å². The number of carbonyl (C=O) groups is 2. The molecule has 0 unspecified atom stereocenters. The number of nitriles is 1. The van der Waals surface area contributed by atoms with E-state index in [1.54, 1.807) is 38.1 Å². The lowest BCUT2D eigenvalue weighted by Gasteiger charge is -2.23. The molecule has 0 aromatic heterocycles. The molecule has 0 saturated carbocycles. The van der Waals surface area contributed by atoms with Gasteiger partial charge in [-0.2, -0.15) is 5.26 Å². The van der Waals surface area contributed by atoms with Gasteiger partial charge in [0, 0.05) is 11.4 Å². The SMILES string of the molecule is CCc1ccc(NC(=O)C(C)(C)C(=O)Nc2cccc(C#N)c2)cc1. The largest absolute Gasteiger partial charge is 0.325 e. The van der Waals surface area contributed by atoms with Crippen LogP contribution in [0.25, 0.3) is 0 Å². The molecule has 5 heteroatoms. The van der Waals surface area contributed by atoms with Crippen molar-refractivity contribution in [3.63, 3.8) is 0 Å². The molecular weight excluding hydrogens is 314 g/mol. The van der Waals surface area contributed by atoms with Gasteiger partial charge in [0.2, 0.25) is 11.8 Å². The predicted octanol–water partition coefficient (Wildman–Crippen LogP) is 3.72. The molecule has 2 rings (SSSR count). The van der Waals surface area contributed by atoms with Crippen LogP contribution >= 0.6 is 0 Å². The summed E-state index contributed by atoms with van der Waals surface area (Å²) in [4.78, 5) is 25.0. The van der Waals surface area contributed by atoms with Crippen LogP contribution in [0.15, 0.2) is 48.5 Å². The van der Waals surface area contributed by atoms with Gasteiger partial charge in [0.1, 0.15) is 5.41 Å². The van der Waals surface area contributed by atoms with Crippen LogP contribution in [0.1, 0.15) is 31.9 Å². The number of carbonyl (C=O) groups excluding carboxylic acids is 2.